The van der Waals surface area contributed by atoms with Crippen LogP contribution >= 0.6 is 0 Å². The van der Waals surface area contributed by atoms with Crippen molar-refractivity contribution in [1.29, 1.82) is 0 Å². The molecule has 1 heterocycles. The molecule has 0 amide bonds. The molecule has 2 N–H and O–H groups in total. The maximum absolute atomic E-state index is 5.99. The van der Waals surface area contributed by atoms with E-state index < -0.39 is 0 Å². The number of nitrogens with two attached hydrogens (primary N) is 1. The molecule has 0 fully saturated rings. The van der Waals surface area contributed by atoms with E-state index in [1.807, 2.05) is 26.8 Å². The molecule has 3 heteroatoms. The second-order valence-corrected chi connectivity index (χ2v) is 4.51. The van der Waals surface area contributed by atoms with Crippen LogP contribution in [0.3, 0.4) is 0 Å². The molecule has 0 aliphatic heterocycles. The van der Waals surface area contributed by atoms with Gasteiger partial charge in [-0.1, -0.05) is 12.1 Å². The van der Waals surface area contributed by atoms with E-state index in [1.165, 1.54) is 0 Å². The van der Waals surface area contributed by atoms with Crippen molar-refractivity contribution in [1.82, 2.24) is 4.98 Å². The van der Waals surface area contributed by atoms with Gasteiger partial charge in [-0.2, -0.15) is 0 Å². The molecule has 1 aromatic heterocycles. The van der Waals surface area contributed by atoms with Crippen molar-refractivity contribution in [3.05, 3.63) is 52.8 Å². The van der Waals surface area contributed by atoms with Gasteiger partial charge in [-0.25, -0.2) is 0 Å². The third-order valence-electron chi connectivity index (χ3n) is 2.94. The summed E-state index contributed by atoms with van der Waals surface area (Å²) in [5.74, 6) is 1.75. The largest absolute Gasteiger partial charge is 0.456 e. The molecule has 0 aliphatic rings. The van der Waals surface area contributed by atoms with E-state index in [2.05, 4.69) is 17.1 Å². The quantitative estimate of drug-likeness (QED) is 0.898. The molecule has 0 bridgehead atoms. The van der Waals surface area contributed by atoms with E-state index in [-0.39, 0.29) is 0 Å². The summed E-state index contributed by atoms with van der Waals surface area (Å²) >= 11 is 0. The fraction of sp³-hybridized carbons (Fsp3) is 0.267. The Balaban J connectivity index is 2.38. The van der Waals surface area contributed by atoms with Crippen LogP contribution in [0, 0.1) is 20.8 Å². The van der Waals surface area contributed by atoms with Gasteiger partial charge in [0.15, 0.2) is 0 Å². The molecule has 1 aromatic carbocycles. The van der Waals surface area contributed by atoms with Crippen molar-refractivity contribution in [3.63, 3.8) is 0 Å². The summed E-state index contributed by atoms with van der Waals surface area (Å²) in [4.78, 5) is 4.06. The van der Waals surface area contributed by atoms with E-state index in [0.717, 1.165) is 33.8 Å². The second kappa shape index (κ2) is 5.19. The molecule has 0 atom stereocenters. The number of nitrogens with zero attached hydrogens (tertiary/aromatic N) is 1. The summed E-state index contributed by atoms with van der Waals surface area (Å²) in [6.07, 6.45) is 3.54. The number of pyridine rings is 1. The highest BCUT2D eigenvalue weighted by Gasteiger charge is 2.08. The van der Waals surface area contributed by atoms with Gasteiger partial charge in [-0.15, -0.1) is 0 Å². The first-order chi connectivity index (χ1) is 8.61. The summed E-state index contributed by atoms with van der Waals surface area (Å²) in [5.41, 5.74) is 10.0. The topological polar surface area (TPSA) is 48.1 Å². The third kappa shape index (κ3) is 2.51. The molecule has 0 spiro atoms. The predicted octanol–water partition coefficient (Wildman–Crippen LogP) is 3.26. The Morgan fingerprint density at radius 2 is 1.78 bits per heavy atom. The third-order valence-corrected chi connectivity index (χ3v) is 2.94. The lowest BCUT2D eigenvalue weighted by Crippen LogP contribution is -2.00. The van der Waals surface area contributed by atoms with Gasteiger partial charge in [-0.05, 0) is 43.5 Å². The van der Waals surface area contributed by atoms with Crippen molar-refractivity contribution < 1.29 is 4.74 Å². The standard InChI is InChI=1S/C15H18N2O/c1-10-6-13(8-16)7-11(2)15(10)18-14-4-5-17-9-12(14)3/h4-7,9H,8,16H2,1-3H3. The number of hydrogen-bond donors (Lipinski definition) is 1. The molecule has 0 saturated carbocycles. The van der Waals surface area contributed by atoms with Gasteiger partial charge in [0.25, 0.3) is 0 Å². The SMILES string of the molecule is Cc1cnccc1Oc1c(C)cc(CN)cc1C. The van der Waals surface area contributed by atoms with Crippen LogP contribution in [0.2, 0.25) is 0 Å². The number of aromatic nitrogens is 1. The minimum absolute atomic E-state index is 0.552. The Morgan fingerprint density at radius 3 is 2.33 bits per heavy atom. The monoisotopic (exact) mass is 242 g/mol. The van der Waals surface area contributed by atoms with E-state index in [4.69, 9.17) is 10.5 Å². The van der Waals surface area contributed by atoms with Gasteiger partial charge in [0.1, 0.15) is 11.5 Å². The van der Waals surface area contributed by atoms with Crippen molar-refractivity contribution in [3.8, 4) is 11.5 Å². The second-order valence-electron chi connectivity index (χ2n) is 4.51. The first-order valence-corrected chi connectivity index (χ1v) is 6.00. The Bertz CT molecular complexity index is 541. The zero-order valence-electron chi connectivity index (χ0n) is 11.0. The highest BCUT2D eigenvalue weighted by Crippen LogP contribution is 2.31. The summed E-state index contributed by atoms with van der Waals surface area (Å²) in [5, 5.41) is 0. The zero-order chi connectivity index (χ0) is 13.1. The molecule has 18 heavy (non-hydrogen) atoms. The molecule has 2 aromatic rings. The molecule has 0 unspecified atom stereocenters. The van der Waals surface area contributed by atoms with Crippen molar-refractivity contribution in [2.75, 3.05) is 0 Å². The first-order valence-electron chi connectivity index (χ1n) is 6.00. The lowest BCUT2D eigenvalue weighted by Gasteiger charge is -2.14. The minimum atomic E-state index is 0.552. The maximum atomic E-state index is 5.99. The average Bonchev–Trinajstić information content (AvgIpc) is 2.35. The van der Waals surface area contributed by atoms with Crippen molar-refractivity contribution in [2.24, 2.45) is 5.73 Å². The van der Waals surface area contributed by atoms with Gasteiger partial charge in [-0.3, -0.25) is 4.98 Å². The molecule has 0 aliphatic carbocycles. The zero-order valence-corrected chi connectivity index (χ0v) is 11.0. The highest BCUT2D eigenvalue weighted by molar-refractivity contribution is 5.46. The average molecular weight is 242 g/mol. The fourth-order valence-corrected chi connectivity index (χ4v) is 2.00. The Hall–Kier alpha value is -1.87. The predicted molar refractivity (Wildman–Crippen MR) is 72.9 cm³/mol. The van der Waals surface area contributed by atoms with E-state index in [0.29, 0.717) is 6.54 Å². The van der Waals surface area contributed by atoms with Gasteiger partial charge in [0.2, 0.25) is 0 Å². The van der Waals surface area contributed by atoms with Gasteiger partial charge in [0, 0.05) is 24.5 Å². The van der Waals surface area contributed by atoms with E-state index in [1.54, 1.807) is 12.4 Å². The van der Waals surface area contributed by atoms with Crippen LogP contribution in [0.1, 0.15) is 22.3 Å². The lowest BCUT2D eigenvalue weighted by atomic mass is 10.1. The summed E-state index contributed by atoms with van der Waals surface area (Å²) in [7, 11) is 0. The minimum Gasteiger partial charge on any atom is -0.456 e. The van der Waals surface area contributed by atoms with Crippen molar-refractivity contribution in [2.45, 2.75) is 27.3 Å². The van der Waals surface area contributed by atoms with Crippen LogP contribution < -0.4 is 10.5 Å². The number of ether oxygens (including phenoxy) is 1. The van der Waals surface area contributed by atoms with E-state index >= 15 is 0 Å². The molecule has 3 nitrogen and oxygen atoms in total. The number of hydrogen-bond acceptors (Lipinski definition) is 3. The van der Waals surface area contributed by atoms with Crippen LogP contribution in [-0.4, -0.2) is 4.98 Å². The number of aryl methyl sites for hydroxylation is 3. The highest BCUT2D eigenvalue weighted by atomic mass is 16.5. The molecule has 2 rings (SSSR count). The Morgan fingerprint density at radius 1 is 1.11 bits per heavy atom. The van der Waals surface area contributed by atoms with Crippen LogP contribution in [-0.2, 0) is 6.54 Å². The number of benzene rings is 1. The van der Waals surface area contributed by atoms with Gasteiger partial charge < -0.3 is 10.5 Å². The first kappa shape index (κ1) is 12.6. The molecular formula is C15H18N2O. The molecule has 0 radical (unpaired) electrons. The summed E-state index contributed by atoms with van der Waals surface area (Å²) < 4.78 is 5.99. The van der Waals surface area contributed by atoms with Gasteiger partial charge in [0.05, 0.1) is 0 Å². The maximum Gasteiger partial charge on any atom is 0.133 e. The van der Waals surface area contributed by atoms with Crippen LogP contribution in [0.4, 0.5) is 0 Å². The molecule has 0 saturated heterocycles. The number of rotatable bonds is 3. The summed E-state index contributed by atoms with van der Waals surface area (Å²) in [6.45, 7) is 6.62. The van der Waals surface area contributed by atoms with E-state index in [9.17, 15) is 0 Å². The van der Waals surface area contributed by atoms with Gasteiger partial charge >= 0.3 is 0 Å². The van der Waals surface area contributed by atoms with Crippen LogP contribution in [0.15, 0.2) is 30.6 Å². The molecule has 94 valence electrons. The lowest BCUT2D eigenvalue weighted by molar-refractivity contribution is 0.470. The van der Waals surface area contributed by atoms with Crippen LogP contribution in [0.5, 0.6) is 11.5 Å². The van der Waals surface area contributed by atoms with Crippen LogP contribution in [0.25, 0.3) is 0 Å². The Labute approximate surface area is 108 Å². The summed E-state index contributed by atoms with van der Waals surface area (Å²) in [6, 6.07) is 6.02. The smallest absolute Gasteiger partial charge is 0.133 e. The normalized spacial score (nSPS) is 10.4. The van der Waals surface area contributed by atoms with Crippen molar-refractivity contribution >= 4 is 0 Å². The fourth-order valence-electron chi connectivity index (χ4n) is 2.00. The Kier molecular flexibility index (Phi) is 3.63. The molecular weight excluding hydrogens is 224 g/mol.